The molecule has 3 aromatic rings. The lowest BCUT2D eigenvalue weighted by molar-refractivity contribution is 0.0716. The molecule has 0 radical (unpaired) electrons. The van der Waals surface area contributed by atoms with Gasteiger partial charge in [0.1, 0.15) is 5.69 Å². The average Bonchev–Trinajstić information content (AvgIpc) is 3.26. The lowest BCUT2D eigenvalue weighted by Gasteiger charge is -2.24. The fraction of sp³-hybridized carbons (Fsp3) is 0.333. The zero-order chi connectivity index (χ0) is 15.8. The van der Waals surface area contributed by atoms with Gasteiger partial charge < -0.3 is 9.88 Å². The highest BCUT2D eigenvalue weighted by molar-refractivity contribution is 5.98. The summed E-state index contributed by atoms with van der Waals surface area (Å²) in [4.78, 5) is 18.1. The SMILES string of the molecule is Cc1cnn(C[C@H]2CCCN2C(=O)c2cc3ccccc3[nH]2)c1. The summed E-state index contributed by atoms with van der Waals surface area (Å²) in [6.45, 7) is 3.62. The molecule has 3 heterocycles. The van der Waals surface area contributed by atoms with Gasteiger partial charge in [-0.15, -0.1) is 0 Å². The van der Waals surface area contributed by atoms with Gasteiger partial charge in [-0.05, 0) is 37.5 Å². The van der Waals surface area contributed by atoms with E-state index < -0.39 is 0 Å². The zero-order valence-corrected chi connectivity index (χ0v) is 13.2. The molecule has 1 amide bonds. The number of benzene rings is 1. The minimum Gasteiger partial charge on any atom is -0.351 e. The third-order valence-corrected chi connectivity index (χ3v) is 4.56. The Labute approximate surface area is 134 Å². The number of fused-ring (bicyclic) bond motifs is 1. The molecule has 0 aliphatic carbocycles. The van der Waals surface area contributed by atoms with E-state index in [-0.39, 0.29) is 11.9 Å². The van der Waals surface area contributed by atoms with Gasteiger partial charge >= 0.3 is 0 Å². The molecular weight excluding hydrogens is 288 g/mol. The second-order valence-electron chi connectivity index (χ2n) is 6.30. The first-order chi connectivity index (χ1) is 11.2. The topological polar surface area (TPSA) is 53.9 Å². The number of carbonyl (C=O) groups excluding carboxylic acids is 1. The number of carbonyl (C=O) groups is 1. The number of hydrogen-bond acceptors (Lipinski definition) is 2. The van der Waals surface area contributed by atoms with E-state index in [9.17, 15) is 4.79 Å². The number of aromatic nitrogens is 3. The number of aryl methyl sites for hydroxylation is 1. The first-order valence-corrected chi connectivity index (χ1v) is 8.08. The molecule has 23 heavy (non-hydrogen) atoms. The molecule has 0 bridgehead atoms. The maximum Gasteiger partial charge on any atom is 0.270 e. The van der Waals surface area contributed by atoms with Gasteiger partial charge in [0.2, 0.25) is 0 Å². The highest BCUT2D eigenvalue weighted by Gasteiger charge is 2.30. The van der Waals surface area contributed by atoms with Gasteiger partial charge in [-0.1, -0.05) is 18.2 Å². The number of hydrogen-bond donors (Lipinski definition) is 1. The fourth-order valence-electron chi connectivity index (χ4n) is 3.42. The van der Waals surface area contributed by atoms with Crippen molar-refractivity contribution >= 4 is 16.8 Å². The van der Waals surface area contributed by atoms with E-state index in [1.54, 1.807) is 0 Å². The van der Waals surface area contributed by atoms with Crippen molar-refractivity contribution in [2.75, 3.05) is 6.54 Å². The molecule has 118 valence electrons. The van der Waals surface area contributed by atoms with E-state index in [1.165, 1.54) is 0 Å². The molecule has 1 N–H and O–H groups in total. The number of nitrogens with zero attached hydrogens (tertiary/aromatic N) is 3. The van der Waals surface area contributed by atoms with E-state index >= 15 is 0 Å². The summed E-state index contributed by atoms with van der Waals surface area (Å²) >= 11 is 0. The Morgan fingerprint density at radius 1 is 1.39 bits per heavy atom. The van der Waals surface area contributed by atoms with Gasteiger partial charge in [0, 0.05) is 23.6 Å². The van der Waals surface area contributed by atoms with Crippen molar-refractivity contribution in [3.8, 4) is 0 Å². The van der Waals surface area contributed by atoms with Gasteiger partial charge in [-0.3, -0.25) is 9.48 Å². The third-order valence-electron chi connectivity index (χ3n) is 4.56. The molecule has 0 spiro atoms. The quantitative estimate of drug-likeness (QED) is 0.808. The van der Waals surface area contributed by atoms with Crippen molar-refractivity contribution in [2.45, 2.75) is 32.4 Å². The summed E-state index contributed by atoms with van der Waals surface area (Å²) in [5, 5.41) is 5.43. The molecule has 5 heteroatoms. The first kappa shape index (κ1) is 14.1. The van der Waals surface area contributed by atoms with Gasteiger partial charge in [0.15, 0.2) is 0 Å². The van der Waals surface area contributed by atoms with Crippen LogP contribution in [-0.2, 0) is 6.54 Å². The van der Waals surface area contributed by atoms with Crippen LogP contribution in [0.2, 0.25) is 0 Å². The average molecular weight is 308 g/mol. The van der Waals surface area contributed by atoms with Crippen LogP contribution in [0.25, 0.3) is 10.9 Å². The molecule has 1 fully saturated rings. The molecule has 1 aromatic carbocycles. The van der Waals surface area contributed by atoms with E-state index in [1.807, 2.05) is 59.2 Å². The van der Waals surface area contributed by atoms with Crippen LogP contribution < -0.4 is 0 Å². The van der Waals surface area contributed by atoms with E-state index in [2.05, 4.69) is 10.1 Å². The number of rotatable bonds is 3. The van der Waals surface area contributed by atoms with Crippen molar-refractivity contribution in [1.82, 2.24) is 19.7 Å². The van der Waals surface area contributed by atoms with Gasteiger partial charge in [-0.25, -0.2) is 0 Å². The lowest BCUT2D eigenvalue weighted by atomic mass is 10.2. The second kappa shape index (κ2) is 5.57. The van der Waals surface area contributed by atoms with Crippen molar-refractivity contribution in [3.05, 3.63) is 54.0 Å². The van der Waals surface area contributed by atoms with Crippen LogP contribution in [0.3, 0.4) is 0 Å². The van der Waals surface area contributed by atoms with Crippen molar-refractivity contribution in [2.24, 2.45) is 0 Å². The number of aromatic amines is 1. The van der Waals surface area contributed by atoms with E-state index in [0.29, 0.717) is 5.69 Å². The molecule has 4 rings (SSSR count). The largest absolute Gasteiger partial charge is 0.351 e. The minimum absolute atomic E-state index is 0.0904. The zero-order valence-electron chi connectivity index (χ0n) is 13.2. The van der Waals surface area contributed by atoms with Gasteiger partial charge in [-0.2, -0.15) is 5.10 Å². The second-order valence-corrected chi connectivity index (χ2v) is 6.30. The number of para-hydroxylation sites is 1. The summed E-state index contributed by atoms with van der Waals surface area (Å²) in [6, 6.07) is 10.2. The normalized spacial score (nSPS) is 18.0. The van der Waals surface area contributed by atoms with E-state index in [0.717, 1.165) is 42.4 Å². The highest BCUT2D eigenvalue weighted by atomic mass is 16.2. The number of likely N-dealkylation sites (tertiary alicyclic amines) is 1. The summed E-state index contributed by atoms with van der Waals surface area (Å²) in [6.07, 6.45) is 5.98. The highest BCUT2D eigenvalue weighted by Crippen LogP contribution is 2.23. The molecule has 1 atom stereocenters. The Hall–Kier alpha value is -2.56. The van der Waals surface area contributed by atoms with Crippen molar-refractivity contribution in [1.29, 1.82) is 0 Å². The Kier molecular flexibility index (Phi) is 3.41. The molecule has 5 nitrogen and oxygen atoms in total. The summed E-state index contributed by atoms with van der Waals surface area (Å²) in [7, 11) is 0. The van der Waals surface area contributed by atoms with Crippen LogP contribution in [0, 0.1) is 6.92 Å². The standard InChI is InChI=1S/C18H20N4O/c1-13-10-19-21(11-13)12-15-6-4-8-22(15)18(23)17-9-14-5-2-3-7-16(14)20-17/h2-3,5,7,9-11,15,20H,4,6,8,12H2,1H3/t15-/m1/s1. The lowest BCUT2D eigenvalue weighted by Crippen LogP contribution is -2.38. The third kappa shape index (κ3) is 2.63. The number of nitrogens with one attached hydrogen (secondary N) is 1. The first-order valence-electron chi connectivity index (χ1n) is 8.08. The molecule has 2 aromatic heterocycles. The van der Waals surface area contributed by atoms with Crippen LogP contribution in [0.1, 0.15) is 28.9 Å². The van der Waals surface area contributed by atoms with Crippen LogP contribution in [0.15, 0.2) is 42.7 Å². The predicted octanol–water partition coefficient (Wildman–Crippen LogP) is 2.98. The summed E-state index contributed by atoms with van der Waals surface area (Å²) < 4.78 is 1.94. The Morgan fingerprint density at radius 2 is 2.26 bits per heavy atom. The van der Waals surface area contributed by atoms with Gasteiger partial charge in [0.05, 0.1) is 18.8 Å². The van der Waals surface area contributed by atoms with Crippen molar-refractivity contribution in [3.63, 3.8) is 0 Å². The maximum absolute atomic E-state index is 12.9. The predicted molar refractivity (Wildman–Crippen MR) is 89.3 cm³/mol. The van der Waals surface area contributed by atoms with Crippen LogP contribution >= 0.6 is 0 Å². The molecule has 1 aliphatic heterocycles. The Morgan fingerprint density at radius 3 is 3.04 bits per heavy atom. The molecular formula is C18H20N4O. The van der Waals surface area contributed by atoms with Crippen LogP contribution in [-0.4, -0.2) is 38.2 Å². The summed E-state index contributed by atoms with van der Waals surface area (Å²) in [5.74, 6) is 0.0904. The molecule has 1 saturated heterocycles. The molecule has 0 unspecified atom stereocenters. The smallest absolute Gasteiger partial charge is 0.270 e. The minimum atomic E-state index is 0.0904. The van der Waals surface area contributed by atoms with E-state index in [4.69, 9.17) is 0 Å². The van der Waals surface area contributed by atoms with Crippen molar-refractivity contribution < 1.29 is 4.79 Å². The number of amides is 1. The number of H-pyrrole nitrogens is 1. The maximum atomic E-state index is 12.9. The Bertz CT molecular complexity index is 814. The molecule has 0 saturated carbocycles. The Balaban J connectivity index is 1.56. The van der Waals surface area contributed by atoms with Crippen LogP contribution in [0.5, 0.6) is 0 Å². The fourth-order valence-corrected chi connectivity index (χ4v) is 3.42. The van der Waals surface area contributed by atoms with Crippen LogP contribution in [0.4, 0.5) is 0 Å². The monoisotopic (exact) mass is 308 g/mol. The van der Waals surface area contributed by atoms with Gasteiger partial charge in [0.25, 0.3) is 5.91 Å². The molecule has 1 aliphatic rings. The summed E-state index contributed by atoms with van der Waals surface area (Å²) in [5.41, 5.74) is 2.83.